The van der Waals surface area contributed by atoms with Gasteiger partial charge >= 0.3 is 15.5 Å². The lowest BCUT2D eigenvalue weighted by Gasteiger charge is -2.18. The fraction of sp³-hybridized carbons (Fsp3) is 0.222. The van der Waals surface area contributed by atoms with E-state index in [1.165, 1.54) is 12.1 Å². The summed E-state index contributed by atoms with van der Waals surface area (Å²) in [6.07, 6.45) is 0. The molecule has 0 aliphatic rings. The Hall–Kier alpha value is -1.28. The lowest BCUT2D eigenvalue weighted by molar-refractivity contribution is -0.0477. The van der Waals surface area contributed by atoms with Gasteiger partial charge in [-0.2, -0.15) is 21.6 Å². The lowest BCUT2D eigenvalue weighted by atomic mass is 10.2. The van der Waals surface area contributed by atoms with Crippen LogP contribution < -0.4 is 0 Å². The van der Waals surface area contributed by atoms with Crippen LogP contribution in [0.5, 0.6) is 0 Å². The smallest absolute Gasteiger partial charge is 0.268 e. The number of sulfonamides is 1. The molecule has 0 heterocycles. The molecule has 100 valence electrons. The van der Waals surface area contributed by atoms with Crippen molar-refractivity contribution in [3.63, 3.8) is 0 Å². The Morgan fingerprint density at radius 3 is 2.06 bits per heavy atom. The van der Waals surface area contributed by atoms with Gasteiger partial charge in [0, 0.05) is 17.6 Å². The molecule has 1 amide bonds. The Morgan fingerprint density at radius 1 is 1.22 bits per heavy atom. The number of hydrogen-bond acceptors (Lipinski definition) is 3. The molecule has 18 heavy (non-hydrogen) atoms. The molecule has 0 aliphatic carbocycles. The van der Waals surface area contributed by atoms with Gasteiger partial charge in [0.05, 0.1) is 0 Å². The Morgan fingerprint density at radius 2 is 1.67 bits per heavy atom. The Kier molecular flexibility index (Phi) is 3.92. The number of carbonyl (C=O) groups is 1. The van der Waals surface area contributed by atoms with Gasteiger partial charge in [-0.15, -0.1) is 0 Å². The topological polar surface area (TPSA) is 54.5 Å². The zero-order valence-corrected chi connectivity index (χ0v) is 10.5. The number of alkyl halides is 3. The molecule has 0 spiro atoms. The van der Waals surface area contributed by atoms with Gasteiger partial charge in [0.15, 0.2) is 0 Å². The van der Waals surface area contributed by atoms with Crippen molar-refractivity contribution in [1.29, 1.82) is 0 Å². The molecular formula is C9H7ClF3NO3S. The molecule has 0 N–H and O–H groups in total. The second kappa shape index (κ2) is 4.77. The van der Waals surface area contributed by atoms with Crippen LogP contribution in [-0.2, 0) is 10.0 Å². The van der Waals surface area contributed by atoms with Crippen LogP contribution in [0.4, 0.5) is 13.2 Å². The van der Waals surface area contributed by atoms with Gasteiger partial charge < -0.3 is 0 Å². The van der Waals surface area contributed by atoms with Crippen molar-refractivity contribution >= 4 is 27.5 Å². The van der Waals surface area contributed by atoms with E-state index >= 15 is 0 Å². The predicted molar refractivity (Wildman–Crippen MR) is 58.5 cm³/mol. The molecule has 0 atom stereocenters. The average molecular weight is 302 g/mol. The number of rotatable bonds is 2. The van der Waals surface area contributed by atoms with Crippen LogP contribution >= 0.6 is 11.6 Å². The zero-order valence-electron chi connectivity index (χ0n) is 8.90. The van der Waals surface area contributed by atoms with E-state index < -0.39 is 21.4 Å². The summed E-state index contributed by atoms with van der Waals surface area (Å²) >= 11 is 5.54. The maximum atomic E-state index is 12.2. The van der Waals surface area contributed by atoms with Crippen LogP contribution in [0.1, 0.15) is 10.4 Å². The first-order chi connectivity index (χ1) is 8.07. The fourth-order valence-corrected chi connectivity index (χ4v) is 1.80. The van der Waals surface area contributed by atoms with E-state index in [0.717, 1.165) is 12.1 Å². The first-order valence-electron chi connectivity index (χ1n) is 4.42. The molecule has 0 radical (unpaired) electrons. The van der Waals surface area contributed by atoms with E-state index in [1.807, 2.05) is 0 Å². The molecule has 0 aromatic heterocycles. The number of carbonyl (C=O) groups excluding carboxylic acids is 1. The largest absolute Gasteiger partial charge is 0.516 e. The van der Waals surface area contributed by atoms with Crippen molar-refractivity contribution < 1.29 is 26.4 Å². The molecule has 1 aromatic rings. The SMILES string of the molecule is CN(C(=O)c1ccc(Cl)cc1)S(=O)(=O)C(F)(F)F. The normalized spacial score (nSPS) is 12.3. The van der Waals surface area contributed by atoms with Crippen molar-refractivity contribution in [2.24, 2.45) is 0 Å². The molecule has 4 nitrogen and oxygen atoms in total. The monoisotopic (exact) mass is 301 g/mol. The van der Waals surface area contributed by atoms with Crippen molar-refractivity contribution in [3.05, 3.63) is 34.9 Å². The van der Waals surface area contributed by atoms with Crippen LogP contribution in [0.15, 0.2) is 24.3 Å². The van der Waals surface area contributed by atoms with Gasteiger partial charge in [-0.3, -0.25) is 4.79 Å². The molecule has 0 fully saturated rings. The third-order valence-electron chi connectivity index (χ3n) is 2.03. The number of halogens is 4. The first kappa shape index (κ1) is 14.8. The van der Waals surface area contributed by atoms with Crippen LogP contribution in [0.25, 0.3) is 0 Å². The quantitative estimate of drug-likeness (QED) is 0.842. The minimum absolute atomic E-state index is 0.213. The fourth-order valence-electron chi connectivity index (χ4n) is 1.04. The summed E-state index contributed by atoms with van der Waals surface area (Å²) in [6.45, 7) is 0. The average Bonchev–Trinajstić information content (AvgIpc) is 2.26. The third kappa shape index (κ3) is 2.75. The third-order valence-corrected chi connectivity index (χ3v) is 3.75. The van der Waals surface area contributed by atoms with E-state index in [0.29, 0.717) is 7.05 Å². The van der Waals surface area contributed by atoms with Crippen LogP contribution in [0, 0.1) is 0 Å². The second-order valence-electron chi connectivity index (χ2n) is 3.23. The predicted octanol–water partition coefficient (Wildman–Crippen LogP) is 2.26. The second-order valence-corrected chi connectivity index (χ2v) is 5.63. The maximum Gasteiger partial charge on any atom is 0.516 e. The molecule has 0 bridgehead atoms. The number of amides is 1. The summed E-state index contributed by atoms with van der Waals surface area (Å²) in [5.41, 5.74) is -5.74. The summed E-state index contributed by atoms with van der Waals surface area (Å²) in [6, 6.07) is 4.80. The van der Waals surface area contributed by atoms with Crippen LogP contribution in [0.2, 0.25) is 5.02 Å². The standard InChI is InChI=1S/C9H7ClF3NO3S/c1-14(18(16,17)9(11,12)13)8(15)6-2-4-7(10)5-3-6/h2-5H,1H3. The number of benzene rings is 1. The maximum absolute atomic E-state index is 12.2. The van der Waals surface area contributed by atoms with Crippen molar-refractivity contribution in [2.45, 2.75) is 5.51 Å². The molecule has 1 rings (SSSR count). The van der Waals surface area contributed by atoms with E-state index in [2.05, 4.69) is 0 Å². The van der Waals surface area contributed by atoms with E-state index in [4.69, 9.17) is 11.6 Å². The summed E-state index contributed by atoms with van der Waals surface area (Å²) < 4.78 is 58.3. The minimum Gasteiger partial charge on any atom is -0.268 e. The summed E-state index contributed by atoms with van der Waals surface area (Å²) in [5.74, 6) is -1.29. The van der Waals surface area contributed by atoms with Crippen molar-refractivity contribution in [1.82, 2.24) is 4.31 Å². The highest BCUT2D eigenvalue weighted by molar-refractivity contribution is 7.90. The zero-order chi connectivity index (χ0) is 14.1. The van der Waals surface area contributed by atoms with Gasteiger partial charge in [0.25, 0.3) is 5.91 Å². The van der Waals surface area contributed by atoms with Crippen LogP contribution in [-0.4, -0.2) is 31.2 Å². The van der Waals surface area contributed by atoms with Gasteiger partial charge in [-0.25, -0.2) is 4.31 Å². The molecule has 9 heteroatoms. The summed E-state index contributed by atoms with van der Waals surface area (Å²) in [7, 11) is -5.14. The Balaban J connectivity index is 3.09. The minimum atomic E-state index is -5.68. The Labute approximate surface area is 106 Å². The Bertz CT molecular complexity index is 553. The molecule has 0 unspecified atom stereocenters. The van der Waals surface area contributed by atoms with E-state index in [1.54, 1.807) is 0 Å². The molecule has 0 saturated carbocycles. The van der Waals surface area contributed by atoms with Gasteiger partial charge in [-0.05, 0) is 24.3 Å². The van der Waals surface area contributed by atoms with E-state index in [-0.39, 0.29) is 14.9 Å². The summed E-state index contributed by atoms with van der Waals surface area (Å²) in [5, 5.41) is 0.271. The van der Waals surface area contributed by atoms with Gasteiger partial charge in [0.1, 0.15) is 0 Å². The highest BCUT2D eigenvalue weighted by Crippen LogP contribution is 2.27. The van der Waals surface area contributed by atoms with Gasteiger partial charge in [-0.1, -0.05) is 11.6 Å². The van der Waals surface area contributed by atoms with Crippen LogP contribution in [0.3, 0.4) is 0 Å². The lowest BCUT2D eigenvalue weighted by Crippen LogP contribution is -2.41. The molecule has 0 aliphatic heterocycles. The van der Waals surface area contributed by atoms with Crippen molar-refractivity contribution in [2.75, 3.05) is 7.05 Å². The molecular weight excluding hydrogens is 295 g/mol. The number of nitrogens with zero attached hydrogens (tertiary/aromatic N) is 1. The molecule has 1 aromatic carbocycles. The van der Waals surface area contributed by atoms with E-state index in [9.17, 15) is 26.4 Å². The first-order valence-corrected chi connectivity index (χ1v) is 6.24. The van der Waals surface area contributed by atoms with Crippen molar-refractivity contribution in [3.8, 4) is 0 Å². The number of hydrogen-bond donors (Lipinski definition) is 0. The summed E-state index contributed by atoms with van der Waals surface area (Å²) in [4.78, 5) is 11.6. The highest BCUT2D eigenvalue weighted by atomic mass is 35.5. The highest BCUT2D eigenvalue weighted by Gasteiger charge is 2.50. The van der Waals surface area contributed by atoms with Gasteiger partial charge in [0.2, 0.25) is 0 Å². The molecule has 0 saturated heterocycles.